The van der Waals surface area contributed by atoms with Gasteiger partial charge in [0.15, 0.2) is 0 Å². The van der Waals surface area contributed by atoms with Crippen molar-refractivity contribution in [3.63, 3.8) is 0 Å². The molecule has 0 rings (SSSR count). The first kappa shape index (κ1) is 17.5. The standard InChI is InChI=1S/2C3H4O2.C2H6O/c2*1-2-3(4)5;1-3-2/h2*2H,1H2,(H,4,5);1-2H3. The predicted octanol–water partition coefficient (Wildman–Crippen LogP) is 0.777. The van der Waals surface area contributed by atoms with E-state index in [1.807, 2.05) is 0 Å². The van der Waals surface area contributed by atoms with Crippen molar-refractivity contribution in [3.05, 3.63) is 25.3 Å². The highest BCUT2D eigenvalue weighted by Crippen LogP contribution is 1.55. The number of carboxylic acids is 2. The lowest BCUT2D eigenvalue weighted by molar-refractivity contribution is -0.132. The molecule has 0 aromatic rings. The largest absolute Gasteiger partial charge is 0.478 e. The van der Waals surface area contributed by atoms with E-state index in [-0.39, 0.29) is 0 Å². The molecule has 0 bridgehead atoms. The minimum Gasteiger partial charge on any atom is -0.478 e. The van der Waals surface area contributed by atoms with E-state index in [1.165, 1.54) is 0 Å². The van der Waals surface area contributed by atoms with Gasteiger partial charge in [-0.25, -0.2) is 9.59 Å². The summed E-state index contributed by atoms with van der Waals surface area (Å²) in [6.45, 7) is 5.92. The molecule has 0 aromatic carbocycles. The second kappa shape index (κ2) is 16.8. The van der Waals surface area contributed by atoms with Crippen LogP contribution in [-0.4, -0.2) is 36.4 Å². The molecule has 0 spiro atoms. The minimum atomic E-state index is -0.981. The maximum absolute atomic E-state index is 9.25. The number of hydrogen-bond donors (Lipinski definition) is 2. The van der Waals surface area contributed by atoms with Gasteiger partial charge in [-0.15, -0.1) is 0 Å². The van der Waals surface area contributed by atoms with Crippen LogP contribution in [0.1, 0.15) is 0 Å². The number of ether oxygens (including phenoxy) is 1. The molecule has 0 radical (unpaired) electrons. The van der Waals surface area contributed by atoms with E-state index in [4.69, 9.17) is 10.2 Å². The molecule has 0 aromatic heterocycles. The minimum absolute atomic E-state index is 0.833. The Morgan fingerprint density at radius 1 is 1.08 bits per heavy atom. The maximum Gasteiger partial charge on any atom is 0.327 e. The van der Waals surface area contributed by atoms with E-state index in [0.29, 0.717) is 0 Å². The quantitative estimate of drug-likeness (QED) is 0.628. The van der Waals surface area contributed by atoms with Gasteiger partial charge in [0.1, 0.15) is 0 Å². The molecule has 2 N–H and O–H groups in total. The molecule has 5 heteroatoms. The number of hydrogen-bond acceptors (Lipinski definition) is 3. The molecule has 0 aliphatic rings. The highest BCUT2D eigenvalue weighted by molar-refractivity contribution is 5.79. The van der Waals surface area contributed by atoms with Gasteiger partial charge < -0.3 is 14.9 Å². The van der Waals surface area contributed by atoms with E-state index in [9.17, 15) is 9.59 Å². The normalized spacial score (nSPS) is 6.31. The summed E-state index contributed by atoms with van der Waals surface area (Å²) in [7, 11) is 3.25. The van der Waals surface area contributed by atoms with Gasteiger partial charge in [0.2, 0.25) is 0 Å². The Morgan fingerprint density at radius 2 is 1.15 bits per heavy atom. The summed E-state index contributed by atoms with van der Waals surface area (Å²) >= 11 is 0. The first-order chi connectivity index (χ1) is 5.95. The average molecular weight is 190 g/mol. The molecular formula is C8H14O5. The zero-order valence-electron chi connectivity index (χ0n) is 7.69. The van der Waals surface area contributed by atoms with Crippen molar-refractivity contribution in [2.75, 3.05) is 14.2 Å². The topological polar surface area (TPSA) is 83.8 Å². The van der Waals surface area contributed by atoms with Crippen LogP contribution in [0.25, 0.3) is 0 Å². The fourth-order valence-electron chi connectivity index (χ4n) is 0. The van der Waals surface area contributed by atoms with Crippen LogP contribution in [0.2, 0.25) is 0 Å². The van der Waals surface area contributed by atoms with Gasteiger partial charge in [0.05, 0.1) is 0 Å². The third-order valence-electron chi connectivity index (χ3n) is 0.349. The second-order valence-electron chi connectivity index (χ2n) is 1.49. The molecule has 0 unspecified atom stereocenters. The van der Waals surface area contributed by atoms with Gasteiger partial charge >= 0.3 is 11.9 Å². The third kappa shape index (κ3) is 129. The second-order valence-corrected chi connectivity index (χ2v) is 1.49. The molecule has 13 heavy (non-hydrogen) atoms. The summed E-state index contributed by atoms with van der Waals surface area (Å²) in [6, 6.07) is 0. The van der Waals surface area contributed by atoms with Crippen LogP contribution >= 0.6 is 0 Å². The lowest BCUT2D eigenvalue weighted by atomic mass is 10.7. The molecule has 0 atom stereocenters. The van der Waals surface area contributed by atoms with Crippen LogP contribution < -0.4 is 0 Å². The first-order valence-corrected chi connectivity index (χ1v) is 3.07. The molecule has 76 valence electrons. The Hall–Kier alpha value is -1.62. The van der Waals surface area contributed by atoms with Crippen molar-refractivity contribution in [1.29, 1.82) is 0 Å². The Balaban J connectivity index is -0.000000120. The smallest absolute Gasteiger partial charge is 0.327 e. The van der Waals surface area contributed by atoms with Gasteiger partial charge in [-0.1, -0.05) is 13.2 Å². The SMILES string of the molecule is C=CC(=O)O.C=CC(=O)O.COC. The number of aliphatic carboxylic acids is 2. The molecule has 0 fully saturated rings. The Kier molecular flexibility index (Phi) is 22.5. The van der Waals surface area contributed by atoms with Crippen molar-refractivity contribution < 1.29 is 24.5 Å². The molecule has 0 amide bonds. The summed E-state index contributed by atoms with van der Waals surface area (Å²) in [5.41, 5.74) is 0. The molecular weight excluding hydrogens is 176 g/mol. The van der Waals surface area contributed by atoms with E-state index < -0.39 is 11.9 Å². The van der Waals surface area contributed by atoms with E-state index in [1.54, 1.807) is 14.2 Å². The third-order valence-corrected chi connectivity index (χ3v) is 0.349. The van der Waals surface area contributed by atoms with Crippen LogP contribution in [0.5, 0.6) is 0 Å². The average Bonchev–Trinajstić information content (AvgIpc) is 2.07. The van der Waals surface area contributed by atoms with Crippen molar-refractivity contribution in [2.45, 2.75) is 0 Å². The molecule has 0 heterocycles. The highest BCUT2D eigenvalue weighted by Gasteiger charge is 1.73. The summed E-state index contributed by atoms with van der Waals surface area (Å²) in [5, 5.41) is 15.2. The zero-order valence-corrected chi connectivity index (χ0v) is 7.69. The number of rotatable bonds is 2. The summed E-state index contributed by atoms with van der Waals surface area (Å²) in [5.74, 6) is -1.96. The van der Waals surface area contributed by atoms with Gasteiger partial charge in [0.25, 0.3) is 0 Å². The zero-order chi connectivity index (χ0) is 11.3. The molecule has 0 aliphatic carbocycles. The fraction of sp³-hybridized carbons (Fsp3) is 0.250. The number of carboxylic acid groups (broad SMARTS) is 2. The summed E-state index contributed by atoms with van der Waals surface area (Å²) < 4.78 is 4.25. The summed E-state index contributed by atoms with van der Waals surface area (Å²) in [4.78, 5) is 18.5. The van der Waals surface area contributed by atoms with E-state index in [2.05, 4.69) is 17.9 Å². The van der Waals surface area contributed by atoms with Crippen LogP contribution in [0.4, 0.5) is 0 Å². The van der Waals surface area contributed by atoms with Crippen molar-refractivity contribution in [1.82, 2.24) is 0 Å². The van der Waals surface area contributed by atoms with Crippen LogP contribution in [0, 0.1) is 0 Å². The van der Waals surface area contributed by atoms with Crippen LogP contribution in [0.3, 0.4) is 0 Å². The molecule has 0 saturated carbocycles. The van der Waals surface area contributed by atoms with Crippen molar-refractivity contribution >= 4 is 11.9 Å². The van der Waals surface area contributed by atoms with Crippen molar-refractivity contribution in [3.8, 4) is 0 Å². The Morgan fingerprint density at radius 3 is 1.15 bits per heavy atom. The Bertz CT molecular complexity index is 144. The summed E-state index contributed by atoms with van der Waals surface area (Å²) in [6.07, 6.45) is 1.67. The van der Waals surface area contributed by atoms with Gasteiger partial charge in [0, 0.05) is 26.4 Å². The molecule has 0 aliphatic heterocycles. The lowest BCUT2D eigenvalue weighted by Crippen LogP contribution is -1.82. The fourth-order valence-corrected chi connectivity index (χ4v) is 0. The highest BCUT2D eigenvalue weighted by atomic mass is 16.4. The number of carbonyl (C=O) groups is 2. The Labute approximate surface area is 77.0 Å². The van der Waals surface area contributed by atoms with Crippen LogP contribution in [0.15, 0.2) is 25.3 Å². The molecule has 5 nitrogen and oxygen atoms in total. The molecule has 0 saturated heterocycles. The van der Waals surface area contributed by atoms with Crippen molar-refractivity contribution in [2.24, 2.45) is 0 Å². The van der Waals surface area contributed by atoms with E-state index >= 15 is 0 Å². The first-order valence-electron chi connectivity index (χ1n) is 3.07. The maximum atomic E-state index is 9.25. The van der Waals surface area contributed by atoms with Gasteiger partial charge in [-0.3, -0.25) is 0 Å². The van der Waals surface area contributed by atoms with E-state index in [0.717, 1.165) is 12.2 Å². The predicted molar refractivity (Wildman–Crippen MR) is 48.6 cm³/mol. The lowest BCUT2D eigenvalue weighted by Gasteiger charge is -1.64. The van der Waals surface area contributed by atoms with Crippen LogP contribution in [-0.2, 0) is 14.3 Å². The van der Waals surface area contributed by atoms with Gasteiger partial charge in [-0.05, 0) is 0 Å². The number of methoxy groups -OCH3 is 1. The monoisotopic (exact) mass is 190 g/mol. The van der Waals surface area contributed by atoms with Gasteiger partial charge in [-0.2, -0.15) is 0 Å².